The van der Waals surface area contributed by atoms with Gasteiger partial charge in [0.15, 0.2) is 0 Å². The predicted molar refractivity (Wildman–Crippen MR) is 92.8 cm³/mol. The van der Waals surface area contributed by atoms with Gasteiger partial charge < -0.3 is 20.9 Å². The monoisotopic (exact) mass is 350 g/mol. The maximum absolute atomic E-state index is 12.3. The summed E-state index contributed by atoms with van der Waals surface area (Å²) in [7, 11) is 0. The lowest BCUT2D eigenvalue weighted by Gasteiger charge is -2.24. The first-order valence-electron chi connectivity index (χ1n) is 8.40. The molecule has 2 fully saturated rings. The highest BCUT2D eigenvalue weighted by Gasteiger charge is 2.30. The molecule has 2 heterocycles. The van der Waals surface area contributed by atoms with Crippen molar-refractivity contribution in [2.24, 2.45) is 0 Å². The summed E-state index contributed by atoms with van der Waals surface area (Å²) < 4.78 is 0. The molecule has 0 spiro atoms. The van der Waals surface area contributed by atoms with Crippen LogP contribution in [0.15, 0.2) is 24.3 Å². The molecule has 1 aromatic carbocycles. The summed E-state index contributed by atoms with van der Waals surface area (Å²) in [6.07, 6.45) is 3.33. The van der Waals surface area contributed by atoms with Crippen molar-refractivity contribution in [1.82, 2.24) is 20.9 Å². The van der Waals surface area contributed by atoms with Crippen molar-refractivity contribution in [3.05, 3.63) is 34.9 Å². The number of benzene rings is 1. The molecule has 3 rings (SSSR count). The highest BCUT2D eigenvalue weighted by atomic mass is 35.5. The summed E-state index contributed by atoms with van der Waals surface area (Å²) in [5.74, 6) is -0.0222. The molecule has 3 amide bonds. The Morgan fingerprint density at radius 2 is 1.88 bits per heavy atom. The highest BCUT2D eigenvalue weighted by Crippen LogP contribution is 2.20. The Morgan fingerprint density at radius 3 is 2.67 bits per heavy atom. The standard InChI is InChI=1S/C17H23ClN4O2/c18-13-3-1-12(2-4-13)9-19-17(24)20-10-16(23)22-8-7-14-5-6-15(11-22)21-14/h1-4,14-15,21H,5-11H2,(H2,19,20,24). The highest BCUT2D eigenvalue weighted by molar-refractivity contribution is 6.30. The number of likely N-dealkylation sites (tertiary alicyclic amines) is 1. The third-order valence-corrected chi connectivity index (χ3v) is 4.89. The Labute approximate surface area is 146 Å². The zero-order valence-corrected chi connectivity index (χ0v) is 14.3. The van der Waals surface area contributed by atoms with Gasteiger partial charge in [0, 0.05) is 36.7 Å². The fourth-order valence-electron chi connectivity index (χ4n) is 3.28. The molecule has 2 aliphatic rings. The van der Waals surface area contributed by atoms with Crippen LogP contribution in [0.1, 0.15) is 24.8 Å². The molecule has 2 unspecified atom stereocenters. The van der Waals surface area contributed by atoms with Gasteiger partial charge in [0.2, 0.25) is 5.91 Å². The normalized spacial score (nSPS) is 22.8. The molecule has 3 N–H and O–H groups in total. The number of amides is 3. The summed E-state index contributed by atoms with van der Waals surface area (Å²) in [5, 5.41) is 9.58. The second-order valence-electron chi connectivity index (χ2n) is 6.43. The lowest BCUT2D eigenvalue weighted by Crippen LogP contribution is -2.46. The van der Waals surface area contributed by atoms with Gasteiger partial charge in [-0.2, -0.15) is 0 Å². The second kappa shape index (κ2) is 7.85. The van der Waals surface area contributed by atoms with E-state index < -0.39 is 0 Å². The summed E-state index contributed by atoms with van der Waals surface area (Å²) in [5.41, 5.74) is 0.954. The fraction of sp³-hybridized carbons (Fsp3) is 0.529. The van der Waals surface area contributed by atoms with E-state index in [0.29, 0.717) is 23.7 Å². The van der Waals surface area contributed by atoms with E-state index >= 15 is 0 Å². The third kappa shape index (κ3) is 4.61. The minimum absolute atomic E-state index is 0.0222. The molecule has 24 heavy (non-hydrogen) atoms. The van der Waals surface area contributed by atoms with Crippen molar-refractivity contribution in [3.8, 4) is 0 Å². The number of nitrogens with zero attached hydrogens (tertiary/aromatic N) is 1. The van der Waals surface area contributed by atoms with Gasteiger partial charge in [0.05, 0.1) is 6.54 Å². The number of nitrogens with one attached hydrogen (secondary N) is 3. The first-order chi connectivity index (χ1) is 11.6. The third-order valence-electron chi connectivity index (χ3n) is 4.64. The van der Waals surface area contributed by atoms with Gasteiger partial charge in [-0.25, -0.2) is 4.79 Å². The largest absolute Gasteiger partial charge is 0.340 e. The molecular weight excluding hydrogens is 328 g/mol. The zero-order valence-electron chi connectivity index (χ0n) is 13.6. The molecule has 6 nitrogen and oxygen atoms in total. The summed E-state index contributed by atoms with van der Waals surface area (Å²) in [6, 6.07) is 7.87. The van der Waals surface area contributed by atoms with E-state index in [1.807, 2.05) is 17.0 Å². The van der Waals surface area contributed by atoms with E-state index in [1.54, 1.807) is 12.1 Å². The number of rotatable bonds is 4. The van der Waals surface area contributed by atoms with Crippen molar-refractivity contribution >= 4 is 23.5 Å². The Kier molecular flexibility index (Phi) is 5.58. The van der Waals surface area contributed by atoms with Gasteiger partial charge in [0.25, 0.3) is 0 Å². The smallest absolute Gasteiger partial charge is 0.315 e. The van der Waals surface area contributed by atoms with Crippen molar-refractivity contribution in [3.63, 3.8) is 0 Å². The Balaban J connectivity index is 1.39. The van der Waals surface area contributed by atoms with Gasteiger partial charge in [0.1, 0.15) is 0 Å². The predicted octanol–water partition coefficient (Wildman–Crippen LogP) is 1.49. The Hall–Kier alpha value is -1.79. The molecule has 0 aliphatic carbocycles. The van der Waals surface area contributed by atoms with Gasteiger partial charge in [-0.1, -0.05) is 23.7 Å². The molecule has 2 aliphatic heterocycles. The Bertz CT molecular complexity index is 593. The fourth-order valence-corrected chi connectivity index (χ4v) is 3.41. The van der Waals surface area contributed by atoms with E-state index in [1.165, 1.54) is 6.42 Å². The maximum atomic E-state index is 12.3. The quantitative estimate of drug-likeness (QED) is 0.770. The van der Waals surface area contributed by atoms with Crippen molar-refractivity contribution in [2.45, 2.75) is 37.9 Å². The van der Waals surface area contributed by atoms with Crippen LogP contribution >= 0.6 is 11.6 Å². The molecule has 2 bridgehead atoms. The van der Waals surface area contributed by atoms with Crippen molar-refractivity contribution in [2.75, 3.05) is 19.6 Å². The van der Waals surface area contributed by atoms with Crippen LogP contribution in [0.25, 0.3) is 0 Å². The molecule has 0 radical (unpaired) electrons. The molecule has 0 saturated carbocycles. The van der Waals surface area contributed by atoms with Crippen LogP contribution in [-0.4, -0.2) is 48.6 Å². The summed E-state index contributed by atoms with van der Waals surface area (Å²) in [4.78, 5) is 26.0. The average Bonchev–Trinajstić information content (AvgIpc) is 2.91. The molecular formula is C17H23ClN4O2. The minimum atomic E-state index is -0.340. The number of hydrogen-bond acceptors (Lipinski definition) is 3. The number of carbonyl (C=O) groups is 2. The molecule has 2 atom stereocenters. The number of carbonyl (C=O) groups excluding carboxylic acids is 2. The number of urea groups is 1. The van der Waals surface area contributed by atoms with Crippen LogP contribution in [-0.2, 0) is 11.3 Å². The molecule has 0 aromatic heterocycles. The molecule has 1 aromatic rings. The first-order valence-corrected chi connectivity index (χ1v) is 8.78. The molecule has 7 heteroatoms. The van der Waals surface area contributed by atoms with Crippen LogP contribution in [0.2, 0.25) is 5.02 Å². The molecule has 2 saturated heterocycles. The number of hydrogen-bond donors (Lipinski definition) is 3. The zero-order chi connectivity index (χ0) is 16.9. The lowest BCUT2D eigenvalue weighted by molar-refractivity contribution is -0.130. The van der Waals surface area contributed by atoms with E-state index in [2.05, 4.69) is 16.0 Å². The molecule has 130 valence electrons. The van der Waals surface area contributed by atoms with Crippen molar-refractivity contribution in [1.29, 1.82) is 0 Å². The summed E-state index contributed by atoms with van der Waals surface area (Å²) in [6.45, 7) is 1.93. The average molecular weight is 351 g/mol. The van der Waals surface area contributed by atoms with Gasteiger partial charge in [-0.05, 0) is 37.0 Å². The van der Waals surface area contributed by atoms with E-state index in [4.69, 9.17) is 11.6 Å². The van der Waals surface area contributed by atoms with Crippen LogP contribution in [0, 0.1) is 0 Å². The van der Waals surface area contributed by atoms with Crippen LogP contribution < -0.4 is 16.0 Å². The van der Waals surface area contributed by atoms with Crippen LogP contribution in [0.5, 0.6) is 0 Å². The van der Waals surface area contributed by atoms with Crippen molar-refractivity contribution < 1.29 is 9.59 Å². The second-order valence-corrected chi connectivity index (χ2v) is 6.87. The number of halogens is 1. The van der Waals surface area contributed by atoms with Gasteiger partial charge in [-0.15, -0.1) is 0 Å². The van der Waals surface area contributed by atoms with Gasteiger partial charge >= 0.3 is 6.03 Å². The van der Waals surface area contributed by atoms with E-state index in [9.17, 15) is 9.59 Å². The maximum Gasteiger partial charge on any atom is 0.315 e. The lowest BCUT2D eigenvalue weighted by atomic mass is 10.1. The SMILES string of the molecule is O=C(NCC(=O)N1CCC2CCC(C1)N2)NCc1ccc(Cl)cc1. The van der Waals surface area contributed by atoms with Crippen LogP contribution in [0.4, 0.5) is 4.79 Å². The van der Waals surface area contributed by atoms with Gasteiger partial charge in [-0.3, -0.25) is 4.79 Å². The van der Waals surface area contributed by atoms with E-state index in [0.717, 1.165) is 31.5 Å². The topological polar surface area (TPSA) is 73.5 Å². The summed E-state index contributed by atoms with van der Waals surface area (Å²) >= 11 is 5.82. The van der Waals surface area contributed by atoms with E-state index in [-0.39, 0.29) is 18.5 Å². The number of fused-ring (bicyclic) bond motifs is 2. The van der Waals surface area contributed by atoms with Crippen LogP contribution in [0.3, 0.4) is 0 Å². The minimum Gasteiger partial charge on any atom is -0.340 e. The first kappa shape index (κ1) is 17.0. The Morgan fingerprint density at radius 1 is 1.12 bits per heavy atom.